The summed E-state index contributed by atoms with van der Waals surface area (Å²) < 4.78 is 10.1. The summed E-state index contributed by atoms with van der Waals surface area (Å²) in [5.74, 6) is -1.62. The third kappa shape index (κ3) is 5.68. The predicted molar refractivity (Wildman–Crippen MR) is 120 cm³/mol. The molecule has 1 aliphatic rings. The minimum Gasteiger partial charge on any atom is -0.507 e. The fourth-order valence-electron chi connectivity index (χ4n) is 3.34. The predicted octanol–water partition coefficient (Wildman–Crippen LogP) is 3.04. The van der Waals surface area contributed by atoms with Crippen LogP contribution in [-0.4, -0.2) is 54.0 Å². The fraction of sp³-hybridized carbons (Fsp3) is 0.333. The van der Waals surface area contributed by atoms with Gasteiger partial charge in [-0.05, 0) is 39.3 Å². The van der Waals surface area contributed by atoms with Gasteiger partial charge in [0.2, 0.25) is 0 Å². The van der Waals surface area contributed by atoms with Crippen LogP contribution < -0.4 is 10.6 Å². The molecule has 0 aliphatic heterocycles. The molecule has 0 radical (unpaired) electrons. The first kappa shape index (κ1) is 23.8. The lowest BCUT2D eigenvalue weighted by molar-refractivity contribution is -0.142. The van der Waals surface area contributed by atoms with Gasteiger partial charge in [0, 0.05) is 23.4 Å². The molecule has 1 amide bonds. The summed E-state index contributed by atoms with van der Waals surface area (Å²) in [5.41, 5.74) is 0.389. The van der Waals surface area contributed by atoms with E-state index in [1.165, 1.54) is 12.1 Å². The number of rotatable bonds is 7. The quantitative estimate of drug-likeness (QED) is 0.282. The van der Waals surface area contributed by atoms with Crippen LogP contribution in [0.25, 0.3) is 0 Å². The van der Waals surface area contributed by atoms with Crippen LogP contribution in [0, 0.1) is 0 Å². The summed E-state index contributed by atoms with van der Waals surface area (Å²) in [6, 6.07) is 9.38. The number of carbonyl (C=O) groups excluding carboxylic acids is 4. The van der Waals surface area contributed by atoms with Crippen molar-refractivity contribution in [3.8, 4) is 5.75 Å². The Hall–Kier alpha value is -3.88. The molecule has 0 aromatic heterocycles. The molecular weight excluding hydrogens is 428 g/mol. The van der Waals surface area contributed by atoms with Gasteiger partial charge in [0.05, 0.1) is 17.7 Å². The second kappa shape index (κ2) is 9.72. The number of hydrogen-bond acceptors (Lipinski definition) is 8. The van der Waals surface area contributed by atoms with E-state index in [-0.39, 0.29) is 46.9 Å². The van der Waals surface area contributed by atoms with Crippen LogP contribution >= 0.6 is 0 Å². The number of phenolic OH excluding ortho intramolecular Hbond substituents is 1. The van der Waals surface area contributed by atoms with E-state index < -0.39 is 23.4 Å². The number of ketones is 2. The van der Waals surface area contributed by atoms with Crippen molar-refractivity contribution in [2.24, 2.45) is 0 Å². The monoisotopic (exact) mass is 454 g/mol. The number of alkyl carbamates (subject to hydrolysis) is 1. The van der Waals surface area contributed by atoms with Gasteiger partial charge in [0.1, 0.15) is 17.9 Å². The average molecular weight is 454 g/mol. The van der Waals surface area contributed by atoms with E-state index in [4.69, 9.17) is 9.47 Å². The van der Waals surface area contributed by atoms with E-state index in [2.05, 4.69) is 10.6 Å². The topological polar surface area (TPSA) is 131 Å². The van der Waals surface area contributed by atoms with Gasteiger partial charge in [0.15, 0.2) is 11.6 Å². The molecule has 174 valence electrons. The van der Waals surface area contributed by atoms with Gasteiger partial charge in [-0.25, -0.2) is 4.79 Å². The lowest BCUT2D eigenvalue weighted by Gasteiger charge is -2.21. The summed E-state index contributed by atoms with van der Waals surface area (Å²) in [5, 5.41) is 15.6. The molecule has 9 heteroatoms. The Labute approximate surface area is 191 Å². The standard InChI is InChI=1S/C24H26N2O7/c1-24(2,3)33-23(31)26-13-18(28)32-12-6-11-25-16-9-10-17(27)20-19(16)21(29)14-7-4-5-8-15(14)22(20)30/h4-5,7-10,25,27H,6,11-13H2,1-3H3,(H,26,31). The van der Waals surface area contributed by atoms with Crippen molar-refractivity contribution in [1.29, 1.82) is 0 Å². The Morgan fingerprint density at radius 2 is 1.61 bits per heavy atom. The highest BCUT2D eigenvalue weighted by Crippen LogP contribution is 2.36. The van der Waals surface area contributed by atoms with Crippen molar-refractivity contribution < 1.29 is 33.8 Å². The van der Waals surface area contributed by atoms with Crippen molar-refractivity contribution in [3.63, 3.8) is 0 Å². The highest BCUT2D eigenvalue weighted by Gasteiger charge is 2.33. The molecule has 1 aliphatic carbocycles. The Bertz CT molecular complexity index is 1100. The van der Waals surface area contributed by atoms with Gasteiger partial charge in [-0.3, -0.25) is 14.4 Å². The number of esters is 1. The van der Waals surface area contributed by atoms with Gasteiger partial charge >= 0.3 is 12.1 Å². The lowest BCUT2D eigenvalue weighted by atomic mass is 9.82. The Morgan fingerprint density at radius 3 is 2.24 bits per heavy atom. The first-order valence-corrected chi connectivity index (χ1v) is 10.5. The van der Waals surface area contributed by atoms with Gasteiger partial charge in [-0.15, -0.1) is 0 Å². The number of carbonyl (C=O) groups is 4. The van der Waals surface area contributed by atoms with Gasteiger partial charge in [-0.2, -0.15) is 0 Å². The van der Waals surface area contributed by atoms with Crippen LogP contribution in [0.15, 0.2) is 36.4 Å². The van der Waals surface area contributed by atoms with Crippen LogP contribution in [0.1, 0.15) is 59.0 Å². The molecule has 0 unspecified atom stereocenters. The maximum absolute atomic E-state index is 13.0. The van der Waals surface area contributed by atoms with Crippen LogP contribution in [0.4, 0.5) is 10.5 Å². The molecule has 33 heavy (non-hydrogen) atoms. The zero-order valence-corrected chi connectivity index (χ0v) is 18.7. The highest BCUT2D eigenvalue weighted by molar-refractivity contribution is 6.31. The number of ether oxygens (including phenoxy) is 2. The first-order chi connectivity index (χ1) is 15.6. The van der Waals surface area contributed by atoms with Crippen molar-refractivity contribution in [3.05, 3.63) is 58.7 Å². The number of hydrogen-bond donors (Lipinski definition) is 3. The van der Waals surface area contributed by atoms with Crippen molar-refractivity contribution in [1.82, 2.24) is 5.32 Å². The maximum Gasteiger partial charge on any atom is 0.408 e. The number of fused-ring (bicyclic) bond motifs is 2. The zero-order valence-electron chi connectivity index (χ0n) is 18.7. The van der Waals surface area contributed by atoms with Crippen LogP contribution in [0.5, 0.6) is 5.75 Å². The molecule has 0 saturated carbocycles. The molecule has 0 saturated heterocycles. The van der Waals surface area contributed by atoms with E-state index in [9.17, 15) is 24.3 Å². The van der Waals surface area contributed by atoms with Gasteiger partial charge in [0.25, 0.3) is 0 Å². The summed E-state index contributed by atoms with van der Waals surface area (Å²) in [4.78, 5) is 49.1. The van der Waals surface area contributed by atoms with E-state index >= 15 is 0 Å². The molecule has 0 heterocycles. The normalized spacial score (nSPS) is 12.5. The number of anilines is 1. The SMILES string of the molecule is CC(C)(C)OC(=O)NCC(=O)OCCCNc1ccc(O)c2c1C(=O)c1ccccc1C2=O. The van der Waals surface area contributed by atoms with Gasteiger partial charge < -0.3 is 25.2 Å². The Balaban J connectivity index is 1.53. The van der Waals surface area contributed by atoms with E-state index in [0.717, 1.165) is 0 Å². The summed E-state index contributed by atoms with van der Waals surface area (Å²) in [6.07, 6.45) is -0.300. The number of nitrogens with one attached hydrogen (secondary N) is 2. The molecule has 2 aromatic carbocycles. The molecule has 3 N–H and O–H groups in total. The Morgan fingerprint density at radius 1 is 0.970 bits per heavy atom. The molecular formula is C24H26N2O7. The molecule has 0 atom stereocenters. The second-order valence-corrected chi connectivity index (χ2v) is 8.44. The summed E-state index contributed by atoms with van der Waals surface area (Å²) in [6.45, 7) is 5.25. The number of amides is 1. The number of benzene rings is 2. The van der Waals surface area contributed by atoms with Gasteiger partial charge in [-0.1, -0.05) is 24.3 Å². The fourth-order valence-corrected chi connectivity index (χ4v) is 3.34. The first-order valence-electron chi connectivity index (χ1n) is 10.5. The average Bonchev–Trinajstić information content (AvgIpc) is 2.75. The molecule has 2 aromatic rings. The molecule has 9 nitrogen and oxygen atoms in total. The Kier molecular flexibility index (Phi) is 7.01. The summed E-state index contributed by atoms with van der Waals surface area (Å²) in [7, 11) is 0. The van der Waals surface area contributed by atoms with Crippen molar-refractivity contribution >= 4 is 29.3 Å². The van der Waals surface area contributed by atoms with E-state index in [1.54, 1.807) is 45.0 Å². The van der Waals surface area contributed by atoms with Crippen molar-refractivity contribution in [2.45, 2.75) is 32.8 Å². The molecule has 0 spiro atoms. The number of aromatic hydroxyl groups is 1. The largest absolute Gasteiger partial charge is 0.507 e. The minimum atomic E-state index is -0.709. The van der Waals surface area contributed by atoms with Crippen molar-refractivity contribution in [2.75, 3.05) is 25.0 Å². The molecule has 0 bridgehead atoms. The van der Waals surface area contributed by atoms with Crippen LogP contribution in [-0.2, 0) is 14.3 Å². The highest BCUT2D eigenvalue weighted by atomic mass is 16.6. The third-order valence-electron chi connectivity index (χ3n) is 4.73. The molecule has 0 fully saturated rings. The van der Waals surface area contributed by atoms with E-state index in [0.29, 0.717) is 18.7 Å². The number of phenols is 1. The maximum atomic E-state index is 13.0. The van der Waals surface area contributed by atoms with E-state index in [1.807, 2.05) is 0 Å². The minimum absolute atomic E-state index is 0.0247. The second-order valence-electron chi connectivity index (χ2n) is 8.44. The lowest BCUT2D eigenvalue weighted by Crippen LogP contribution is -2.36. The van der Waals surface area contributed by atoms with Crippen LogP contribution in [0.2, 0.25) is 0 Å². The van der Waals surface area contributed by atoms with Crippen LogP contribution in [0.3, 0.4) is 0 Å². The summed E-state index contributed by atoms with van der Waals surface area (Å²) >= 11 is 0. The zero-order chi connectivity index (χ0) is 24.2. The molecule has 3 rings (SSSR count). The third-order valence-corrected chi connectivity index (χ3v) is 4.73. The smallest absolute Gasteiger partial charge is 0.408 e.